The van der Waals surface area contributed by atoms with Gasteiger partial charge in [0.1, 0.15) is 0 Å². The first kappa shape index (κ1) is 17.7. The highest BCUT2D eigenvalue weighted by atomic mass is 79.9. The summed E-state index contributed by atoms with van der Waals surface area (Å²) in [6, 6.07) is 8.81. The molecule has 4 nitrogen and oxygen atoms in total. The number of guanidine groups is 1. The first-order valence-electron chi connectivity index (χ1n) is 8.88. The number of hydrogen-bond donors (Lipinski definition) is 1. The summed E-state index contributed by atoms with van der Waals surface area (Å²) in [5.74, 6) is 1.61. The molecular formula is C19H28BrN3O. The van der Waals surface area contributed by atoms with Gasteiger partial charge in [-0.05, 0) is 37.0 Å². The van der Waals surface area contributed by atoms with Gasteiger partial charge in [-0.15, -0.1) is 0 Å². The molecule has 3 rings (SSSR count). The van der Waals surface area contributed by atoms with E-state index < -0.39 is 0 Å². The molecule has 1 aromatic carbocycles. The fourth-order valence-corrected chi connectivity index (χ4v) is 4.07. The van der Waals surface area contributed by atoms with Gasteiger partial charge in [0, 0.05) is 49.6 Å². The zero-order valence-electron chi connectivity index (χ0n) is 14.7. The van der Waals surface area contributed by atoms with Gasteiger partial charge < -0.3 is 15.0 Å². The molecule has 0 spiro atoms. The zero-order chi connectivity index (χ0) is 17.0. The van der Waals surface area contributed by atoms with Gasteiger partial charge in [-0.3, -0.25) is 4.99 Å². The molecule has 1 aliphatic heterocycles. The van der Waals surface area contributed by atoms with Crippen LogP contribution in [0.1, 0.15) is 31.2 Å². The SMILES string of the molecule is CN=C(NCC1(c2ccc(Br)cc2)CCC1)N(C)CC1CCOC1. The molecule has 1 N–H and O–H groups in total. The van der Waals surface area contributed by atoms with Crippen LogP contribution in [-0.2, 0) is 10.2 Å². The Kier molecular flexibility index (Phi) is 5.82. The summed E-state index contributed by atoms with van der Waals surface area (Å²) in [4.78, 5) is 6.73. The summed E-state index contributed by atoms with van der Waals surface area (Å²) in [5, 5.41) is 3.62. The quantitative estimate of drug-likeness (QED) is 0.614. The molecule has 1 atom stereocenters. The number of benzene rings is 1. The summed E-state index contributed by atoms with van der Waals surface area (Å²) >= 11 is 3.53. The third-order valence-corrected chi connectivity index (χ3v) is 6.01. The van der Waals surface area contributed by atoms with Crippen LogP contribution in [0.3, 0.4) is 0 Å². The van der Waals surface area contributed by atoms with Crippen molar-refractivity contribution in [1.29, 1.82) is 0 Å². The highest BCUT2D eigenvalue weighted by Gasteiger charge is 2.38. The van der Waals surface area contributed by atoms with Gasteiger partial charge in [-0.25, -0.2) is 0 Å². The van der Waals surface area contributed by atoms with Crippen LogP contribution in [0.5, 0.6) is 0 Å². The van der Waals surface area contributed by atoms with E-state index in [9.17, 15) is 0 Å². The number of halogens is 1. The fourth-order valence-electron chi connectivity index (χ4n) is 3.81. The molecule has 1 aliphatic carbocycles. The lowest BCUT2D eigenvalue weighted by Gasteiger charge is -2.43. The van der Waals surface area contributed by atoms with Crippen molar-refractivity contribution < 1.29 is 4.74 Å². The Labute approximate surface area is 153 Å². The van der Waals surface area contributed by atoms with Gasteiger partial charge in [0.25, 0.3) is 0 Å². The Balaban J connectivity index is 1.60. The largest absolute Gasteiger partial charge is 0.381 e. The molecule has 2 fully saturated rings. The van der Waals surface area contributed by atoms with Crippen molar-refractivity contribution in [3.05, 3.63) is 34.3 Å². The monoisotopic (exact) mass is 393 g/mol. The van der Waals surface area contributed by atoms with Crippen molar-refractivity contribution in [3.8, 4) is 0 Å². The molecule has 24 heavy (non-hydrogen) atoms. The standard InChI is InChI=1S/C19H28BrN3O/c1-21-18(23(2)12-15-8-11-24-13-15)22-14-19(9-3-10-19)16-4-6-17(20)7-5-16/h4-7,15H,3,8-14H2,1-2H3,(H,21,22). The summed E-state index contributed by atoms with van der Waals surface area (Å²) in [6.07, 6.45) is 4.97. The molecule has 1 unspecified atom stereocenters. The topological polar surface area (TPSA) is 36.9 Å². The molecule has 0 aromatic heterocycles. The van der Waals surface area contributed by atoms with Crippen molar-refractivity contribution in [2.75, 3.05) is 40.4 Å². The number of hydrogen-bond acceptors (Lipinski definition) is 2. The molecule has 5 heteroatoms. The highest BCUT2D eigenvalue weighted by molar-refractivity contribution is 9.10. The maximum Gasteiger partial charge on any atom is 0.193 e. The third kappa shape index (κ3) is 3.94. The van der Waals surface area contributed by atoms with Crippen LogP contribution in [0.15, 0.2) is 33.7 Å². The molecule has 1 saturated heterocycles. The smallest absolute Gasteiger partial charge is 0.193 e. The van der Waals surface area contributed by atoms with E-state index >= 15 is 0 Å². The summed E-state index contributed by atoms with van der Waals surface area (Å²) < 4.78 is 6.63. The minimum absolute atomic E-state index is 0.258. The molecule has 1 saturated carbocycles. The zero-order valence-corrected chi connectivity index (χ0v) is 16.3. The van der Waals surface area contributed by atoms with E-state index in [1.165, 1.54) is 24.8 Å². The molecule has 1 aromatic rings. The van der Waals surface area contributed by atoms with Gasteiger partial charge in [0.15, 0.2) is 5.96 Å². The van der Waals surface area contributed by atoms with Crippen LogP contribution in [0.25, 0.3) is 0 Å². The van der Waals surface area contributed by atoms with Crippen LogP contribution in [0.4, 0.5) is 0 Å². The van der Waals surface area contributed by atoms with Crippen LogP contribution in [0, 0.1) is 5.92 Å². The predicted molar refractivity (Wildman–Crippen MR) is 103 cm³/mol. The lowest BCUT2D eigenvalue weighted by atomic mass is 9.64. The van der Waals surface area contributed by atoms with Gasteiger partial charge >= 0.3 is 0 Å². The fraction of sp³-hybridized carbons (Fsp3) is 0.632. The van der Waals surface area contributed by atoms with E-state index in [0.717, 1.165) is 43.2 Å². The van der Waals surface area contributed by atoms with Crippen LogP contribution < -0.4 is 5.32 Å². The minimum atomic E-state index is 0.258. The molecule has 132 valence electrons. The first-order chi connectivity index (χ1) is 11.6. The van der Waals surface area contributed by atoms with Crippen LogP contribution >= 0.6 is 15.9 Å². The number of nitrogens with zero attached hydrogens (tertiary/aromatic N) is 2. The summed E-state index contributed by atoms with van der Waals surface area (Å²) in [6.45, 7) is 3.74. The van der Waals surface area contributed by atoms with Crippen molar-refractivity contribution in [1.82, 2.24) is 10.2 Å². The Morgan fingerprint density at radius 3 is 2.67 bits per heavy atom. The summed E-state index contributed by atoms with van der Waals surface area (Å²) in [5.41, 5.74) is 1.69. The molecule has 0 bridgehead atoms. The molecular weight excluding hydrogens is 366 g/mol. The predicted octanol–water partition coefficient (Wildman–Crippen LogP) is 3.41. The average Bonchev–Trinajstić information content (AvgIpc) is 3.04. The van der Waals surface area contributed by atoms with Gasteiger partial charge in [-0.1, -0.05) is 34.5 Å². The Morgan fingerprint density at radius 1 is 1.38 bits per heavy atom. The van der Waals surface area contributed by atoms with Crippen molar-refractivity contribution in [3.63, 3.8) is 0 Å². The highest BCUT2D eigenvalue weighted by Crippen LogP contribution is 2.43. The van der Waals surface area contributed by atoms with E-state index in [2.05, 4.69) is 62.5 Å². The molecule has 0 amide bonds. The second kappa shape index (κ2) is 7.87. The van der Waals surface area contributed by atoms with Crippen molar-refractivity contribution in [2.45, 2.75) is 31.1 Å². The second-order valence-corrected chi connectivity index (χ2v) is 8.07. The number of ether oxygens (including phenoxy) is 1. The van der Waals surface area contributed by atoms with E-state index in [1.54, 1.807) is 0 Å². The molecule has 0 radical (unpaired) electrons. The van der Waals surface area contributed by atoms with Crippen LogP contribution in [-0.4, -0.2) is 51.3 Å². The van der Waals surface area contributed by atoms with E-state index in [4.69, 9.17) is 4.74 Å². The Hall–Kier alpha value is -1.07. The lowest BCUT2D eigenvalue weighted by molar-refractivity contribution is 0.181. The third-order valence-electron chi connectivity index (χ3n) is 5.48. The lowest BCUT2D eigenvalue weighted by Crippen LogP contribution is -2.50. The maximum absolute atomic E-state index is 5.49. The van der Waals surface area contributed by atoms with Gasteiger partial charge in [0.05, 0.1) is 6.61 Å². The maximum atomic E-state index is 5.49. The Morgan fingerprint density at radius 2 is 2.12 bits per heavy atom. The Bertz CT molecular complexity index is 562. The second-order valence-electron chi connectivity index (χ2n) is 7.15. The number of rotatable bonds is 5. The van der Waals surface area contributed by atoms with E-state index in [1.807, 2.05) is 7.05 Å². The van der Waals surface area contributed by atoms with E-state index in [0.29, 0.717) is 5.92 Å². The average molecular weight is 394 g/mol. The van der Waals surface area contributed by atoms with E-state index in [-0.39, 0.29) is 5.41 Å². The molecule has 1 heterocycles. The number of aliphatic imine (C=N–C) groups is 1. The van der Waals surface area contributed by atoms with Gasteiger partial charge in [-0.2, -0.15) is 0 Å². The van der Waals surface area contributed by atoms with Crippen LogP contribution in [0.2, 0.25) is 0 Å². The minimum Gasteiger partial charge on any atom is -0.381 e. The first-order valence-corrected chi connectivity index (χ1v) is 9.68. The molecule has 2 aliphatic rings. The number of nitrogens with one attached hydrogen (secondary N) is 1. The van der Waals surface area contributed by atoms with Gasteiger partial charge in [0.2, 0.25) is 0 Å². The van der Waals surface area contributed by atoms with Crippen molar-refractivity contribution >= 4 is 21.9 Å². The summed E-state index contributed by atoms with van der Waals surface area (Å²) in [7, 11) is 4.00. The normalized spacial score (nSPS) is 23.0. The van der Waals surface area contributed by atoms with Crippen molar-refractivity contribution in [2.24, 2.45) is 10.9 Å².